The number of hydrogen-bond acceptors (Lipinski definition) is 3. The van der Waals surface area contributed by atoms with Crippen LogP contribution in [-0.2, 0) is 35.9 Å². The fourth-order valence-electron chi connectivity index (χ4n) is 2.55. The molecular weight excluding hydrogens is 548 g/mol. The number of aliphatic imine (C=N–C) groups is 1. The molecule has 0 saturated heterocycles. The number of sulfonamides is 1. The van der Waals surface area contributed by atoms with Crippen molar-refractivity contribution in [2.45, 2.75) is 25.8 Å². The highest BCUT2D eigenvalue weighted by atomic mass is 127. The number of benzene rings is 1. The van der Waals surface area contributed by atoms with Crippen LogP contribution in [0.15, 0.2) is 35.3 Å². The Balaban J connectivity index is 0.00000420. The van der Waals surface area contributed by atoms with Gasteiger partial charge in [0.05, 0.1) is 23.9 Å². The molecule has 1 aromatic heterocycles. The van der Waals surface area contributed by atoms with Crippen LogP contribution in [0, 0.1) is 0 Å². The lowest BCUT2D eigenvalue weighted by atomic mass is 10.1. The molecule has 29 heavy (non-hydrogen) atoms. The first-order valence-corrected chi connectivity index (χ1v) is 11.2. The zero-order chi connectivity index (χ0) is 20.7. The van der Waals surface area contributed by atoms with E-state index >= 15 is 0 Å². The summed E-state index contributed by atoms with van der Waals surface area (Å²) in [5, 5.41) is 7.43. The largest absolute Gasteiger partial charge is 0.357 e. The maximum atomic E-state index is 11.7. The summed E-state index contributed by atoms with van der Waals surface area (Å²) in [4.78, 5) is 4.57. The zero-order valence-electron chi connectivity index (χ0n) is 16.5. The van der Waals surface area contributed by atoms with E-state index in [2.05, 4.69) is 20.3 Å². The number of rotatable bonds is 8. The second-order valence-electron chi connectivity index (χ2n) is 6.17. The van der Waals surface area contributed by atoms with Crippen molar-refractivity contribution >= 4 is 63.2 Å². The lowest BCUT2D eigenvalue weighted by Crippen LogP contribution is -2.37. The van der Waals surface area contributed by atoms with Crippen molar-refractivity contribution in [2.75, 3.05) is 13.6 Å². The van der Waals surface area contributed by atoms with Gasteiger partial charge in [0.2, 0.25) is 10.0 Å². The molecule has 0 radical (unpaired) electrons. The minimum Gasteiger partial charge on any atom is -0.357 e. The van der Waals surface area contributed by atoms with E-state index in [1.54, 1.807) is 6.07 Å². The standard InChI is InChI=1S/C18H25Cl2N5O2S.HI/c1-4-22-18(24-11-15-9-16(19)17(20)25(15)3)23-10-13-6-5-7-14(8-13)12-28(26,27)21-2;/h5-9,21H,4,10-12H2,1-3H3,(H2,22,23,24);1H. The number of guanidine groups is 1. The fraction of sp³-hybridized carbons (Fsp3) is 0.389. The van der Waals surface area contributed by atoms with Gasteiger partial charge in [-0.05, 0) is 31.2 Å². The molecule has 1 aromatic carbocycles. The summed E-state index contributed by atoms with van der Waals surface area (Å²) < 4.78 is 27.6. The molecule has 0 saturated carbocycles. The van der Waals surface area contributed by atoms with Gasteiger partial charge in [0.25, 0.3) is 0 Å². The van der Waals surface area contributed by atoms with Crippen LogP contribution in [0.4, 0.5) is 0 Å². The summed E-state index contributed by atoms with van der Waals surface area (Å²) >= 11 is 12.1. The number of nitrogens with zero attached hydrogens (tertiary/aromatic N) is 2. The minimum absolute atomic E-state index is 0. The Labute approximate surface area is 199 Å². The second-order valence-corrected chi connectivity index (χ2v) is 8.86. The lowest BCUT2D eigenvalue weighted by molar-refractivity contribution is 0.587. The molecule has 1 heterocycles. The van der Waals surface area contributed by atoms with Gasteiger partial charge in [-0.15, -0.1) is 24.0 Å². The number of aromatic nitrogens is 1. The fourth-order valence-corrected chi connectivity index (χ4v) is 3.73. The zero-order valence-corrected chi connectivity index (χ0v) is 21.2. The molecule has 3 N–H and O–H groups in total. The summed E-state index contributed by atoms with van der Waals surface area (Å²) in [5.74, 6) is 0.582. The van der Waals surface area contributed by atoms with E-state index in [1.807, 2.05) is 42.8 Å². The molecule has 0 aliphatic heterocycles. The van der Waals surface area contributed by atoms with Crippen LogP contribution in [0.3, 0.4) is 0 Å². The Morgan fingerprint density at radius 1 is 1.17 bits per heavy atom. The number of nitrogens with one attached hydrogen (secondary N) is 3. The molecule has 11 heteroatoms. The molecule has 0 amide bonds. The SMILES string of the molecule is CCNC(=NCc1cccc(CS(=O)(=O)NC)c1)NCc1cc(Cl)c(Cl)n1C.I. The predicted octanol–water partition coefficient (Wildman–Crippen LogP) is 3.25. The van der Waals surface area contributed by atoms with Gasteiger partial charge in [0.15, 0.2) is 5.96 Å². The van der Waals surface area contributed by atoms with Crippen molar-refractivity contribution in [2.24, 2.45) is 12.0 Å². The molecule has 2 aromatic rings. The molecule has 0 aliphatic rings. The van der Waals surface area contributed by atoms with Crippen molar-refractivity contribution in [3.8, 4) is 0 Å². The Kier molecular flexibility index (Phi) is 10.8. The van der Waals surface area contributed by atoms with Gasteiger partial charge in [-0.3, -0.25) is 0 Å². The van der Waals surface area contributed by atoms with Crippen molar-refractivity contribution in [1.82, 2.24) is 19.9 Å². The van der Waals surface area contributed by atoms with Gasteiger partial charge in [-0.2, -0.15) is 0 Å². The quantitative estimate of drug-likeness (QED) is 0.257. The molecule has 0 bridgehead atoms. The van der Waals surface area contributed by atoms with Crippen LogP contribution in [0.5, 0.6) is 0 Å². The molecular formula is C18H26Cl2IN5O2S. The van der Waals surface area contributed by atoms with Crippen molar-refractivity contribution in [3.05, 3.63) is 57.3 Å². The number of halogens is 3. The van der Waals surface area contributed by atoms with Crippen LogP contribution in [-0.4, -0.2) is 32.5 Å². The third kappa shape index (κ3) is 7.97. The van der Waals surface area contributed by atoms with Crippen molar-refractivity contribution in [3.63, 3.8) is 0 Å². The average Bonchev–Trinajstić information content (AvgIpc) is 2.91. The van der Waals surface area contributed by atoms with E-state index in [1.165, 1.54) is 7.05 Å². The first-order valence-electron chi connectivity index (χ1n) is 8.76. The van der Waals surface area contributed by atoms with Crippen LogP contribution >= 0.6 is 47.2 Å². The first-order chi connectivity index (χ1) is 13.3. The van der Waals surface area contributed by atoms with E-state index < -0.39 is 10.0 Å². The molecule has 0 atom stereocenters. The molecule has 7 nitrogen and oxygen atoms in total. The predicted molar refractivity (Wildman–Crippen MR) is 131 cm³/mol. The van der Waals surface area contributed by atoms with E-state index in [0.717, 1.165) is 11.3 Å². The average molecular weight is 574 g/mol. The summed E-state index contributed by atoms with van der Waals surface area (Å²) in [5.41, 5.74) is 2.57. The van der Waals surface area contributed by atoms with Crippen LogP contribution in [0.25, 0.3) is 0 Å². The van der Waals surface area contributed by atoms with Crippen molar-refractivity contribution in [1.29, 1.82) is 0 Å². The minimum atomic E-state index is -3.31. The Hall–Kier alpha value is -1.01. The van der Waals surface area contributed by atoms with Crippen LogP contribution in [0.1, 0.15) is 23.7 Å². The molecule has 0 aliphatic carbocycles. The van der Waals surface area contributed by atoms with E-state index in [4.69, 9.17) is 23.2 Å². The first kappa shape index (κ1) is 26.0. The Morgan fingerprint density at radius 2 is 1.86 bits per heavy atom. The Bertz CT molecular complexity index is 948. The molecule has 0 fully saturated rings. The van der Waals surface area contributed by atoms with E-state index in [0.29, 0.717) is 41.3 Å². The van der Waals surface area contributed by atoms with Gasteiger partial charge in [-0.1, -0.05) is 47.5 Å². The molecule has 162 valence electrons. The highest BCUT2D eigenvalue weighted by Gasteiger charge is 2.10. The maximum Gasteiger partial charge on any atom is 0.215 e. The van der Waals surface area contributed by atoms with Gasteiger partial charge in [0, 0.05) is 19.3 Å². The third-order valence-electron chi connectivity index (χ3n) is 4.08. The monoisotopic (exact) mass is 573 g/mol. The summed E-state index contributed by atoms with van der Waals surface area (Å²) in [6, 6.07) is 9.19. The second kappa shape index (κ2) is 12.0. The lowest BCUT2D eigenvalue weighted by Gasteiger charge is -2.12. The van der Waals surface area contributed by atoms with Gasteiger partial charge >= 0.3 is 0 Å². The summed E-state index contributed by atoms with van der Waals surface area (Å²) in [6.45, 7) is 3.62. The molecule has 0 unspecified atom stereocenters. The highest BCUT2D eigenvalue weighted by molar-refractivity contribution is 14.0. The van der Waals surface area contributed by atoms with Gasteiger partial charge in [-0.25, -0.2) is 18.1 Å². The topological polar surface area (TPSA) is 87.5 Å². The normalized spacial score (nSPS) is 11.8. The van der Waals surface area contributed by atoms with E-state index in [-0.39, 0.29) is 29.7 Å². The molecule has 2 rings (SSSR count). The van der Waals surface area contributed by atoms with Gasteiger partial charge in [0.1, 0.15) is 5.15 Å². The van der Waals surface area contributed by atoms with E-state index in [9.17, 15) is 8.42 Å². The summed E-state index contributed by atoms with van der Waals surface area (Å²) in [6.07, 6.45) is 0. The molecule has 0 spiro atoms. The summed E-state index contributed by atoms with van der Waals surface area (Å²) in [7, 11) is -0.0536. The smallest absolute Gasteiger partial charge is 0.215 e. The van der Waals surface area contributed by atoms with Gasteiger partial charge < -0.3 is 15.2 Å². The third-order valence-corrected chi connectivity index (χ3v) is 6.25. The van der Waals surface area contributed by atoms with Crippen LogP contribution in [0.2, 0.25) is 10.2 Å². The van der Waals surface area contributed by atoms with Crippen LogP contribution < -0.4 is 15.4 Å². The number of hydrogen-bond donors (Lipinski definition) is 3. The highest BCUT2D eigenvalue weighted by Crippen LogP contribution is 2.24. The Morgan fingerprint density at radius 3 is 2.45 bits per heavy atom. The maximum absolute atomic E-state index is 11.7. The van der Waals surface area contributed by atoms with Crippen molar-refractivity contribution < 1.29 is 8.42 Å².